The highest BCUT2D eigenvalue weighted by molar-refractivity contribution is 6.02. The van der Waals surface area contributed by atoms with E-state index in [1.165, 1.54) is 0 Å². The summed E-state index contributed by atoms with van der Waals surface area (Å²) in [6, 6.07) is 13.5. The van der Waals surface area contributed by atoms with Gasteiger partial charge in [-0.05, 0) is 31.0 Å². The van der Waals surface area contributed by atoms with Crippen LogP contribution in [0.15, 0.2) is 42.5 Å². The largest absolute Gasteiger partial charge is 0.491 e. The zero-order chi connectivity index (χ0) is 26.1. The second kappa shape index (κ2) is 12.5. The van der Waals surface area contributed by atoms with E-state index in [0.717, 1.165) is 30.6 Å². The summed E-state index contributed by atoms with van der Waals surface area (Å²) in [6.07, 6.45) is 0.835. The number of hydrogen-bond donors (Lipinski definition) is 4. The Kier molecular flexibility index (Phi) is 9.38. The first-order valence-electron chi connectivity index (χ1n) is 11.8. The fourth-order valence-electron chi connectivity index (χ4n) is 4.22. The highest BCUT2D eigenvalue weighted by Crippen LogP contribution is 2.45. The zero-order valence-corrected chi connectivity index (χ0v) is 20.4. The Morgan fingerprint density at radius 1 is 1.19 bits per heavy atom. The summed E-state index contributed by atoms with van der Waals surface area (Å²) in [5.74, 6) is -1.35. The summed E-state index contributed by atoms with van der Waals surface area (Å²) in [5, 5.41) is 16.3. The third kappa shape index (κ3) is 6.38. The molecule has 36 heavy (non-hydrogen) atoms. The maximum absolute atomic E-state index is 13.0. The molecule has 1 saturated heterocycles. The Bertz CT molecular complexity index is 1070. The van der Waals surface area contributed by atoms with Gasteiger partial charge in [-0.1, -0.05) is 30.3 Å². The Labute approximate surface area is 209 Å². The van der Waals surface area contributed by atoms with Crippen LogP contribution in [0.1, 0.15) is 45.2 Å². The predicted octanol–water partition coefficient (Wildman–Crippen LogP) is 1.89. The van der Waals surface area contributed by atoms with Gasteiger partial charge in [0.25, 0.3) is 11.8 Å². The third-order valence-corrected chi connectivity index (χ3v) is 6.20. The van der Waals surface area contributed by atoms with Crippen LogP contribution in [0.5, 0.6) is 5.75 Å². The average molecular weight is 502 g/mol. The zero-order valence-electron chi connectivity index (χ0n) is 20.4. The number of fused-ring (bicyclic) bond motifs is 1. The van der Waals surface area contributed by atoms with Crippen LogP contribution < -0.4 is 20.7 Å². The van der Waals surface area contributed by atoms with Gasteiger partial charge >= 0.3 is 5.97 Å². The fraction of sp³-hybridized carbons (Fsp3) is 0.423. The molecule has 194 valence electrons. The number of rotatable bonds is 7. The fourth-order valence-corrected chi connectivity index (χ4v) is 4.22. The Morgan fingerprint density at radius 2 is 1.92 bits per heavy atom. The SMILES string of the molecule is CNC(=O)c1cc(C(=O)NCCC2CNCCO2)cc2c1OCC2(C)c1ccccc1.O=C(O)CF. The summed E-state index contributed by atoms with van der Waals surface area (Å²) in [6.45, 7) is 4.07. The molecule has 0 saturated carbocycles. The van der Waals surface area contributed by atoms with Crippen LogP contribution in [0.3, 0.4) is 0 Å². The monoisotopic (exact) mass is 501 g/mol. The third-order valence-electron chi connectivity index (χ3n) is 6.20. The number of nitrogens with one attached hydrogen (secondary N) is 3. The molecule has 0 aromatic heterocycles. The van der Waals surface area contributed by atoms with E-state index in [9.17, 15) is 14.0 Å². The molecule has 2 atom stereocenters. The van der Waals surface area contributed by atoms with Crippen molar-refractivity contribution in [2.75, 3.05) is 46.6 Å². The van der Waals surface area contributed by atoms with Crippen molar-refractivity contribution in [1.29, 1.82) is 0 Å². The highest BCUT2D eigenvalue weighted by Gasteiger charge is 2.40. The van der Waals surface area contributed by atoms with Crippen molar-refractivity contribution in [3.8, 4) is 5.75 Å². The van der Waals surface area contributed by atoms with Gasteiger partial charge in [0.15, 0.2) is 6.67 Å². The molecule has 0 aliphatic carbocycles. The van der Waals surface area contributed by atoms with Gasteiger partial charge in [-0.15, -0.1) is 0 Å². The molecule has 9 nitrogen and oxygen atoms in total. The number of aliphatic carboxylic acids is 1. The van der Waals surface area contributed by atoms with Crippen LogP contribution in [0.25, 0.3) is 0 Å². The van der Waals surface area contributed by atoms with E-state index in [0.29, 0.717) is 36.6 Å². The van der Waals surface area contributed by atoms with Crippen LogP contribution in [-0.4, -0.2) is 75.6 Å². The van der Waals surface area contributed by atoms with E-state index >= 15 is 0 Å². The standard InChI is InChI=1S/C24H29N3O4.C2H3FO2/c1-24(17-6-4-3-5-7-17)15-31-21-19(23(29)25-2)12-16(13-20(21)24)22(28)27-9-8-18-14-26-10-11-30-18;3-1-2(4)5/h3-7,12-13,18,26H,8-11,14-15H2,1-2H3,(H,25,29)(H,27,28);1H2,(H,4,5). The number of carbonyl (C=O) groups is 3. The first-order valence-corrected chi connectivity index (χ1v) is 11.8. The van der Waals surface area contributed by atoms with Gasteiger partial charge in [-0.2, -0.15) is 0 Å². The molecule has 2 heterocycles. The van der Waals surface area contributed by atoms with Gasteiger partial charge in [0.05, 0.1) is 23.7 Å². The molecule has 4 N–H and O–H groups in total. The summed E-state index contributed by atoms with van der Waals surface area (Å²) >= 11 is 0. The van der Waals surface area contributed by atoms with E-state index in [4.69, 9.17) is 19.4 Å². The summed E-state index contributed by atoms with van der Waals surface area (Å²) in [4.78, 5) is 34.5. The molecule has 0 radical (unpaired) electrons. The van der Waals surface area contributed by atoms with Crippen molar-refractivity contribution in [2.24, 2.45) is 0 Å². The van der Waals surface area contributed by atoms with Crippen LogP contribution in [0.2, 0.25) is 0 Å². The molecular formula is C26H32FN3O6. The number of halogens is 1. The van der Waals surface area contributed by atoms with Gasteiger partial charge in [-0.25, -0.2) is 9.18 Å². The molecule has 2 aromatic rings. The Balaban J connectivity index is 0.000000658. The normalized spacial score (nSPS) is 20.2. The van der Waals surface area contributed by atoms with Crippen LogP contribution in [0, 0.1) is 0 Å². The molecule has 2 amide bonds. The average Bonchev–Trinajstić information content (AvgIpc) is 3.26. The lowest BCUT2D eigenvalue weighted by Crippen LogP contribution is -2.40. The lowest BCUT2D eigenvalue weighted by molar-refractivity contribution is -0.137. The van der Waals surface area contributed by atoms with E-state index < -0.39 is 18.1 Å². The highest BCUT2D eigenvalue weighted by atomic mass is 19.1. The minimum absolute atomic E-state index is 0.102. The number of amides is 2. The number of benzene rings is 2. The number of morpholine rings is 1. The quantitative estimate of drug-likeness (QED) is 0.457. The predicted molar refractivity (Wildman–Crippen MR) is 131 cm³/mol. The van der Waals surface area contributed by atoms with Gasteiger partial charge in [-0.3, -0.25) is 9.59 Å². The van der Waals surface area contributed by atoms with E-state index in [-0.39, 0.29) is 17.9 Å². The van der Waals surface area contributed by atoms with E-state index in [1.807, 2.05) is 36.4 Å². The lowest BCUT2D eigenvalue weighted by Gasteiger charge is -2.24. The number of carboxylic acid groups (broad SMARTS) is 1. The first kappa shape index (κ1) is 27.1. The van der Waals surface area contributed by atoms with Crippen molar-refractivity contribution < 1.29 is 33.4 Å². The molecule has 0 spiro atoms. The molecular weight excluding hydrogens is 469 g/mol. The summed E-state index contributed by atoms with van der Waals surface area (Å²) in [5.41, 5.74) is 2.32. The number of carbonyl (C=O) groups excluding carboxylic acids is 2. The molecule has 10 heteroatoms. The van der Waals surface area contributed by atoms with Crippen LogP contribution in [0.4, 0.5) is 4.39 Å². The Hall–Kier alpha value is -3.50. The van der Waals surface area contributed by atoms with Gasteiger partial charge in [0.2, 0.25) is 0 Å². The van der Waals surface area contributed by atoms with Crippen LogP contribution in [-0.2, 0) is 14.9 Å². The molecule has 4 rings (SSSR count). The first-order chi connectivity index (χ1) is 17.3. The molecule has 2 unspecified atom stereocenters. The molecule has 0 bridgehead atoms. The smallest absolute Gasteiger partial charge is 0.335 e. The number of carboxylic acids is 1. The maximum atomic E-state index is 13.0. The van der Waals surface area contributed by atoms with Crippen molar-refractivity contribution in [1.82, 2.24) is 16.0 Å². The number of hydrogen-bond acceptors (Lipinski definition) is 6. The van der Waals surface area contributed by atoms with Crippen molar-refractivity contribution in [2.45, 2.75) is 24.9 Å². The Morgan fingerprint density at radius 3 is 2.53 bits per heavy atom. The maximum Gasteiger partial charge on any atom is 0.335 e. The van der Waals surface area contributed by atoms with E-state index in [2.05, 4.69) is 22.9 Å². The van der Waals surface area contributed by atoms with Gasteiger partial charge in [0, 0.05) is 37.8 Å². The molecule has 2 aliphatic rings. The molecule has 1 fully saturated rings. The summed E-state index contributed by atoms with van der Waals surface area (Å²) < 4.78 is 22.2. The number of alkyl halides is 1. The lowest BCUT2D eigenvalue weighted by atomic mass is 9.77. The summed E-state index contributed by atoms with van der Waals surface area (Å²) in [7, 11) is 1.57. The topological polar surface area (TPSA) is 126 Å². The minimum Gasteiger partial charge on any atom is -0.491 e. The van der Waals surface area contributed by atoms with Gasteiger partial charge in [0.1, 0.15) is 12.4 Å². The van der Waals surface area contributed by atoms with Crippen LogP contribution >= 0.6 is 0 Å². The van der Waals surface area contributed by atoms with Crippen molar-refractivity contribution in [3.05, 3.63) is 64.7 Å². The molecule has 2 aromatic carbocycles. The molecule has 2 aliphatic heterocycles. The van der Waals surface area contributed by atoms with Crippen molar-refractivity contribution >= 4 is 17.8 Å². The minimum atomic E-state index is -1.41. The van der Waals surface area contributed by atoms with Crippen molar-refractivity contribution in [3.63, 3.8) is 0 Å². The van der Waals surface area contributed by atoms with Gasteiger partial charge < -0.3 is 30.5 Å². The van der Waals surface area contributed by atoms with E-state index in [1.54, 1.807) is 13.1 Å². The second-order valence-corrected chi connectivity index (χ2v) is 8.74. The second-order valence-electron chi connectivity index (χ2n) is 8.74. The number of ether oxygens (including phenoxy) is 2.